The zero-order valence-electron chi connectivity index (χ0n) is 16.9. The number of hydrogen-bond donors (Lipinski definition) is 2. The standard InChI is InChI=1S/C23H32N4O/c1-2-24-23(25-13-12-20-6-4-3-5-7-20)26-18-21-8-10-22(11-9-21)19-27-14-16-28-17-15-27/h3-11H,2,12-19H2,1H3,(H2,24,25,26). The number of nitrogens with zero attached hydrogens (tertiary/aromatic N) is 2. The van der Waals surface area contributed by atoms with Gasteiger partial charge in [-0.25, -0.2) is 4.99 Å². The molecular weight excluding hydrogens is 348 g/mol. The summed E-state index contributed by atoms with van der Waals surface area (Å²) in [7, 11) is 0. The largest absolute Gasteiger partial charge is 0.379 e. The molecule has 0 aromatic heterocycles. The van der Waals surface area contributed by atoms with E-state index >= 15 is 0 Å². The summed E-state index contributed by atoms with van der Waals surface area (Å²) in [5.74, 6) is 0.871. The Hall–Kier alpha value is -2.37. The van der Waals surface area contributed by atoms with Crippen molar-refractivity contribution in [2.75, 3.05) is 39.4 Å². The SMILES string of the molecule is CCNC(=NCc1ccc(CN2CCOCC2)cc1)NCCc1ccccc1. The molecule has 0 radical (unpaired) electrons. The Morgan fingerprint density at radius 3 is 2.36 bits per heavy atom. The summed E-state index contributed by atoms with van der Waals surface area (Å²) >= 11 is 0. The van der Waals surface area contributed by atoms with Crippen LogP contribution in [0.3, 0.4) is 0 Å². The fraction of sp³-hybridized carbons (Fsp3) is 0.435. The Labute approximate surface area is 168 Å². The lowest BCUT2D eigenvalue weighted by molar-refractivity contribution is 0.0342. The van der Waals surface area contributed by atoms with Gasteiger partial charge in [0.1, 0.15) is 0 Å². The van der Waals surface area contributed by atoms with Gasteiger partial charge in [-0.2, -0.15) is 0 Å². The molecule has 1 aliphatic rings. The highest BCUT2D eigenvalue weighted by molar-refractivity contribution is 5.79. The number of morpholine rings is 1. The summed E-state index contributed by atoms with van der Waals surface area (Å²) in [6.45, 7) is 9.22. The van der Waals surface area contributed by atoms with Gasteiger partial charge in [0.25, 0.3) is 0 Å². The molecule has 1 saturated heterocycles. The fourth-order valence-corrected chi connectivity index (χ4v) is 3.25. The second-order valence-electron chi connectivity index (χ2n) is 7.06. The van der Waals surface area contributed by atoms with Crippen molar-refractivity contribution in [1.29, 1.82) is 0 Å². The van der Waals surface area contributed by atoms with Gasteiger partial charge in [0.15, 0.2) is 5.96 Å². The minimum Gasteiger partial charge on any atom is -0.379 e. The van der Waals surface area contributed by atoms with Crippen LogP contribution in [0.25, 0.3) is 0 Å². The van der Waals surface area contributed by atoms with Crippen LogP contribution < -0.4 is 10.6 Å². The summed E-state index contributed by atoms with van der Waals surface area (Å²) in [6.07, 6.45) is 0.988. The van der Waals surface area contributed by atoms with Gasteiger partial charge in [-0.15, -0.1) is 0 Å². The van der Waals surface area contributed by atoms with E-state index in [0.717, 1.165) is 58.3 Å². The molecule has 0 unspecified atom stereocenters. The molecule has 0 amide bonds. The lowest BCUT2D eigenvalue weighted by atomic mass is 10.1. The third-order valence-electron chi connectivity index (χ3n) is 4.85. The van der Waals surface area contributed by atoms with Gasteiger partial charge in [-0.1, -0.05) is 54.6 Å². The van der Waals surface area contributed by atoms with E-state index in [2.05, 4.69) is 77.1 Å². The normalized spacial score (nSPS) is 15.4. The highest BCUT2D eigenvalue weighted by Gasteiger charge is 2.10. The Morgan fingerprint density at radius 1 is 0.929 bits per heavy atom. The zero-order valence-corrected chi connectivity index (χ0v) is 16.9. The van der Waals surface area contributed by atoms with Crippen molar-refractivity contribution in [2.24, 2.45) is 4.99 Å². The third kappa shape index (κ3) is 6.98. The monoisotopic (exact) mass is 380 g/mol. The summed E-state index contributed by atoms with van der Waals surface area (Å²) < 4.78 is 5.42. The van der Waals surface area contributed by atoms with Crippen LogP contribution >= 0.6 is 0 Å². The van der Waals surface area contributed by atoms with E-state index in [1.165, 1.54) is 16.7 Å². The quantitative estimate of drug-likeness (QED) is 0.546. The predicted molar refractivity (Wildman–Crippen MR) is 116 cm³/mol. The zero-order chi connectivity index (χ0) is 19.4. The minimum atomic E-state index is 0.679. The van der Waals surface area contributed by atoms with E-state index in [1.54, 1.807) is 0 Å². The average Bonchev–Trinajstić information content (AvgIpc) is 2.74. The molecule has 0 saturated carbocycles. The Bertz CT molecular complexity index is 709. The van der Waals surface area contributed by atoms with Crippen LogP contribution in [-0.4, -0.2) is 50.3 Å². The lowest BCUT2D eigenvalue weighted by Gasteiger charge is -2.26. The molecule has 0 atom stereocenters. The Kier molecular flexibility index (Phi) is 8.34. The van der Waals surface area contributed by atoms with E-state index in [9.17, 15) is 0 Å². The third-order valence-corrected chi connectivity index (χ3v) is 4.85. The van der Waals surface area contributed by atoms with Crippen molar-refractivity contribution in [1.82, 2.24) is 15.5 Å². The van der Waals surface area contributed by atoms with Crippen LogP contribution in [0.2, 0.25) is 0 Å². The van der Waals surface area contributed by atoms with Crippen LogP contribution in [0.1, 0.15) is 23.6 Å². The smallest absolute Gasteiger partial charge is 0.191 e. The van der Waals surface area contributed by atoms with Crippen LogP contribution in [0.15, 0.2) is 59.6 Å². The number of guanidine groups is 1. The Balaban J connectivity index is 1.47. The molecular formula is C23H32N4O. The van der Waals surface area contributed by atoms with Crippen LogP contribution in [0.4, 0.5) is 0 Å². The van der Waals surface area contributed by atoms with Crippen molar-refractivity contribution in [3.8, 4) is 0 Å². The minimum absolute atomic E-state index is 0.679. The lowest BCUT2D eigenvalue weighted by Crippen LogP contribution is -2.38. The molecule has 150 valence electrons. The van der Waals surface area contributed by atoms with Crippen LogP contribution in [0, 0.1) is 0 Å². The molecule has 1 heterocycles. The molecule has 1 aliphatic heterocycles. The van der Waals surface area contributed by atoms with Gasteiger partial charge < -0.3 is 15.4 Å². The van der Waals surface area contributed by atoms with E-state index in [1.807, 2.05) is 0 Å². The number of benzene rings is 2. The fourth-order valence-electron chi connectivity index (χ4n) is 3.25. The average molecular weight is 381 g/mol. The molecule has 2 aromatic rings. The highest BCUT2D eigenvalue weighted by atomic mass is 16.5. The highest BCUT2D eigenvalue weighted by Crippen LogP contribution is 2.10. The Morgan fingerprint density at radius 2 is 1.64 bits per heavy atom. The van der Waals surface area contributed by atoms with Crippen molar-refractivity contribution in [2.45, 2.75) is 26.4 Å². The van der Waals surface area contributed by atoms with E-state index in [4.69, 9.17) is 9.73 Å². The summed E-state index contributed by atoms with van der Waals surface area (Å²) in [4.78, 5) is 7.17. The molecule has 0 bridgehead atoms. The summed E-state index contributed by atoms with van der Waals surface area (Å²) in [5.41, 5.74) is 3.91. The first-order chi connectivity index (χ1) is 13.8. The first-order valence-electron chi connectivity index (χ1n) is 10.3. The van der Waals surface area contributed by atoms with Gasteiger partial charge >= 0.3 is 0 Å². The van der Waals surface area contributed by atoms with E-state index in [0.29, 0.717) is 6.54 Å². The topological polar surface area (TPSA) is 48.9 Å². The maximum atomic E-state index is 5.42. The molecule has 5 nitrogen and oxygen atoms in total. The maximum Gasteiger partial charge on any atom is 0.191 e. The second-order valence-corrected chi connectivity index (χ2v) is 7.06. The van der Waals surface area contributed by atoms with Crippen LogP contribution in [-0.2, 0) is 24.2 Å². The van der Waals surface area contributed by atoms with Gasteiger partial charge in [0, 0.05) is 32.7 Å². The van der Waals surface area contributed by atoms with Crippen molar-refractivity contribution in [3.63, 3.8) is 0 Å². The van der Waals surface area contributed by atoms with E-state index < -0.39 is 0 Å². The molecule has 28 heavy (non-hydrogen) atoms. The molecule has 1 fully saturated rings. The number of aliphatic imine (C=N–C) groups is 1. The molecule has 2 aromatic carbocycles. The number of nitrogens with one attached hydrogen (secondary N) is 2. The first kappa shape index (κ1) is 20.4. The molecule has 0 spiro atoms. The number of hydrogen-bond acceptors (Lipinski definition) is 3. The van der Waals surface area contributed by atoms with Gasteiger partial charge in [0.05, 0.1) is 19.8 Å². The summed E-state index contributed by atoms with van der Waals surface area (Å²) in [6, 6.07) is 19.3. The summed E-state index contributed by atoms with van der Waals surface area (Å²) in [5, 5.41) is 6.75. The van der Waals surface area contributed by atoms with Gasteiger partial charge in [-0.3, -0.25) is 4.90 Å². The van der Waals surface area contributed by atoms with Gasteiger partial charge in [0.2, 0.25) is 0 Å². The number of rotatable bonds is 8. The molecule has 0 aliphatic carbocycles. The molecule has 2 N–H and O–H groups in total. The molecule has 5 heteroatoms. The van der Waals surface area contributed by atoms with Crippen molar-refractivity contribution in [3.05, 3.63) is 71.3 Å². The van der Waals surface area contributed by atoms with E-state index in [-0.39, 0.29) is 0 Å². The van der Waals surface area contributed by atoms with Crippen molar-refractivity contribution < 1.29 is 4.74 Å². The molecule has 3 rings (SSSR count). The second kappa shape index (κ2) is 11.5. The number of ether oxygens (including phenoxy) is 1. The maximum absolute atomic E-state index is 5.42. The van der Waals surface area contributed by atoms with Gasteiger partial charge in [-0.05, 0) is 30.0 Å². The first-order valence-corrected chi connectivity index (χ1v) is 10.3. The predicted octanol–water partition coefficient (Wildman–Crippen LogP) is 2.82. The van der Waals surface area contributed by atoms with Crippen molar-refractivity contribution >= 4 is 5.96 Å². The van der Waals surface area contributed by atoms with Crippen LogP contribution in [0.5, 0.6) is 0 Å².